The van der Waals surface area contributed by atoms with E-state index in [9.17, 15) is 12.8 Å². The Morgan fingerprint density at radius 3 is 2.90 bits per heavy atom. The third-order valence-corrected chi connectivity index (χ3v) is 5.49. The molecule has 0 aliphatic carbocycles. The fraction of sp³-hybridized carbons (Fsp3) is 0.231. The van der Waals surface area contributed by atoms with Crippen molar-refractivity contribution in [3.8, 4) is 0 Å². The van der Waals surface area contributed by atoms with Gasteiger partial charge in [-0.1, -0.05) is 11.6 Å². The largest absolute Gasteiger partial charge is 0.244 e. The van der Waals surface area contributed by atoms with E-state index in [-0.39, 0.29) is 16.5 Å². The Balaban J connectivity index is 1.95. The molecule has 2 heterocycles. The monoisotopic (exact) mass is 327 g/mol. The van der Waals surface area contributed by atoms with Crippen molar-refractivity contribution in [1.29, 1.82) is 0 Å². The summed E-state index contributed by atoms with van der Waals surface area (Å²) >= 11 is 5.66. The van der Waals surface area contributed by atoms with Crippen LogP contribution < -0.4 is 0 Å². The number of hydrogen-bond acceptors (Lipinski definition) is 4. The van der Waals surface area contributed by atoms with Gasteiger partial charge in [-0.05, 0) is 18.2 Å². The number of fused-ring (bicyclic) bond motifs is 1. The van der Waals surface area contributed by atoms with Gasteiger partial charge in [0.25, 0.3) is 0 Å². The molecule has 0 spiro atoms. The number of rotatable bonds is 2. The molecule has 0 fully saturated rings. The van der Waals surface area contributed by atoms with Crippen LogP contribution >= 0.6 is 11.6 Å². The van der Waals surface area contributed by atoms with Crippen LogP contribution in [0.3, 0.4) is 0 Å². The summed E-state index contributed by atoms with van der Waals surface area (Å²) in [5.41, 5.74) is 1.63. The molecule has 1 aromatic carbocycles. The highest BCUT2D eigenvalue weighted by atomic mass is 35.5. The number of halogens is 2. The molecule has 1 aliphatic rings. The molecule has 0 saturated carbocycles. The van der Waals surface area contributed by atoms with E-state index in [1.807, 2.05) is 0 Å². The Morgan fingerprint density at radius 1 is 1.33 bits per heavy atom. The average Bonchev–Trinajstić information content (AvgIpc) is 2.49. The van der Waals surface area contributed by atoms with E-state index in [4.69, 9.17) is 11.6 Å². The highest BCUT2D eigenvalue weighted by Crippen LogP contribution is 2.26. The summed E-state index contributed by atoms with van der Waals surface area (Å²) in [6, 6.07) is 3.40. The van der Waals surface area contributed by atoms with Gasteiger partial charge in [0.05, 0.1) is 9.92 Å². The number of aromatic nitrogens is 2. The maximum atomic E-state index is 13.2. The van der Waals surface area contributed by atoms with Gasteiger partial charge >= 0.3 is 0 Å². The second-order valence-corrected chi connectivity index (χ2v) is 7.00. The average molecular weight is 328 g/mol. The zero-order chi connectivity index (χ0) is 15.0. The number of benzene rings is 1. The maximum Gasteiger partial charge on any atom is 0.243 e. The van der Waals surface area contributed by atoms with Crippen LogP contribution in [0, 0.1) is 5.82 Å². The zero-order valence-corrected chi connectivity index (χ0v) is 12.4. The first kappa shape index (κ1) is 14.4. The Kier molecular flexibility index (Phi) is 3.64. The van der Waals surface area contributed by atoms with E-state index in [0.29, 0.717) is 13.0 Å². The minimum Gasteiger partial charge on any atom is -0.244 e. The van der Waals surface area contributed by atoms with Crippen LogP contribution in [-0.2, 0) is 23.0 Å². The molecular formula is C13H11ClFN3O2S. The molecule has 110 valence electrons. The SMILES string of the molecule is O=S(=O)(c1ccc(F)c(Cl)c1)N1CCc2ncncc2C1. The van der Waals surface area contributed by atoms with Gasteiger partial charge in [0.1, 0.15) is 12.1 Å². The van der Waals surface area contributed by atoms with Crippen molar-refractivity contribution in [3.05, 3.63) is 52.8 Å². The minimum atomic E-state index is -3.72. The Hall–Kier alpha value is -1.57. The molecule has 0 bridgehead atoms. The summed E-state index contributed by atoms with van der Waals surface area (Å²) in [5, 5.41) is -0.211. The summed E-state index contributed by atoms with van der Waals surface area (Å²) in [6.45, 7) is 0.523. The standard InChI is InChI=1S/C13H11ClFN3O2S/c14-11-5-10(1-2-12(11)15)21(19,20)18-4-3-13-9(7-18)6-16-8-17-13/h1-2,5-6,8H,3-4,7H2. The van der Waals surface area contributed by atoms with E-state index in [1.165, 1.54) is 16.7 Å². The molecule has 0 amide bonds. The number of hydrogen-bond donors (Lipinski definition) is 0. The molecule has 2 aromatic rings. The summed E-state index contributed by atoms with van der Waals surface area (Å²) < 4.78 is 39.6. The first-order valence-electron chi connectivity index (χ1n) is 6.21. The lowest BCUT2D eigenvalue weighted by atomic mass is 10.1. The van der Waals surface area contributed by atoms with E-state index in [2.05, 4.69) is 9.97 Å². The normalized spacial score (nSPS) is 15.7. The van der Waals surface area contributed by atoms with Gasteiger partial charge in [0.15, 0.2) is 0 Å². The van der Waals surface area contributed by atoms with E-state index >= 15 is 0 Å². The number of sulfonamides is 1. The molecule has 21 heavy (non-hydrogen) atoms. The molecule has 0 unspecified atom stereocenters. The lowest BCUT2D eigenvalue weighted by molar-refractivity contribution is 0.386. The third-order valence-electron chi connectivity index (χ3n) is 3.35. The first-order chi connectivity index (χ1) is 9.98. The molecule has 0 N–H and O–H groups in total. The molecule has 5 nitrogen and oxygen atoms in total. The third kappa shape index (κ3) is 2.64. The van der Waals surface area contributed by atoms with Crippen LogP contribution in [-0.4, -0.2) is 29.2 Å². The Labute approximate surface area is 126 Å². The van der Waals surface area contributed by atoms with Gasteiger partial charge in [-0.15, -0.1) is 0 Å². The van der Waals surface area contributed by atoms with Crippen molar-refractivity contribution in [2.75, 3.05) is 6.54 Å². The predicted octanol–water partition coefficient (Wildman–Crippen LogP) is 2.02. The Bertz CT molecular complexity index is 798. The van der Waals surface area contributed by atoms with Crippen LogP contribution in [0.25, 0.3) is 0 Å². The van der Waals surface area contributed by atoms with Crippen molar-refractivity contribution in [3.63, 3.8) is 0 Å². The number of nitrogens with zero attached hydrogens (tertiary/aromatic N) is 3. The maximum absolute atomic E-state index is 13.2. The second-order valence-electron chi connectivity index (χ2n) is 4.66. The lowest BCUT2D eigenvalue weighted by Crippen LogP contribution is -2.36. The van der Waals surface area contributed by atoms with Crippen molar-refractivity contribution >= 4 is 21.6 Å². The highest BCUT2D eigenvalue weighted by Gasteiger charge is 2.29. The highest BCUT2D eigenvalue weighted by molar-refractivity contribution is 7.89. The van der Waals surface area contributed by atoms with E-state index in [1.54, 1.807) is 6.20 Å². The van der Waals surface area contributed by atoms with Crippen LogP contribution in [0.1, 0.15) is 11.3 Å². The van der Waals surface area contributed by atoms with Gasteiger partial charge in [0.2, 0.25) is 10.0 Å². The van der Waals surface area contributed by atoms with Crippen LogP contribution in [0.15, 0.2) is 35.6 Å². The summed E-state index contributed by atoms with van der Waals surface area (Å²) in [4.78, 5) is 8.02. The molecular weight excluding hydrogens is 317 g/mol. The van der Waals surface area contributed by atoms with E-state index < -0.39 is 15.8 Å². The minimum absolute atomic E-state index is 0.0193. The first-order valence-corrected chi connectivity index (χ1v) is 8.03. The van der Waals surface area contributed by atoms with Gasteiger partial charge in [-0.2, -0.15) is 4.31 Å². The van der Waals surface area contributed by atoms with Gasteiger partial charge in [0, 0.05) is 37.0 Å². The molecule has 0 saturated heterocycles. The van der Waals surface area contributed by atoms with Crippen molar-refractivity contribution in [2.45, 2.75) is 17.9 Å². The topological polar surface area (TPSA) is 63.2 Å². The lowest BCUT2D eigenvalue weighted by Gasteiger charge is -2.27. The molecule has 1 aromatic heterocycles. The quantitative estimate of drug-likeness (QED) is 0.846. The molecule has 0 atom stereocenters. The van der Waals surface area contributed by atoms with E-state index in [0.717, 1.165) is 23.4 Å². The fourth-order valence-electron chi connectivity index (χ4n) is 2.23. The predicted molar refractivity (Wildman–Crippen MR) is 74.7 cm³/mol. The van der Waals surface area contributed by atoms with Crippen LogP contribution in [0.2, 0.25) is 5.02 Å². The van der Waals surface area contributed by atoms with Crippen molar-refractivity contribution in [1.82, 2.24) is 14.3 Å². The smallest absolute Gasteiger partial charge is 0.243 e. The summed E-state index contributed by atoms with van der Waals surface area (Å²) in [6.07, 6.45) is 3.58. The van der Waals surface area contributed by atoms with Gasteiger partial charge in [-0.3, -0.25) is 0 Å². The van der Waals surface area contributed by atoms with Crippen LogP contribution in [0.5, 0.6) is 0 Å². The molecule has 8 heteroatoms. The molecule has 0 radical (unpaired) electrons. The second kappa shape index (κ2) is 5.32. The zero-order valence-electron chi connectivity index (χ0n) is 10.8. The van der Waals surface area contributed by atoms with Gasteiger partial charge in [-0.25, -0.2) is 22.8 Å². The molecule has 3 rings (SSSR count). The molecule has 1 aliphatic heterocycles. The van der Waals surface area contributed by atoms with Crippen LogP contribution in [0.4, 0.5) is 4.39 Å². The Morgan fingerprint density at radius 2 is 2.14 bits per heavy atom. The summed E-state index contributed by atoms with van der Waals surface area (Å²) in [7, 11) is -3.72. The summed E-state index contributed by atoms with van der Waals surface area (Å²) in [5.74, 6) is -0.645. The van der Waals surface area contributed by atoms with Gasteiger partial charge < -0.3 is 0 Å². The fourth-order valence-corrected chi connectivity index (χ4v) is 3.92. The van der Waals surface area contributed by atoms with Crippen molar-refractivity contribution < 1.29 is 12.8 Å². The van der Waals surface area contributed by atoms with Crippen molar-refractivity contribution in [2.24, 2.45) is 0 Å².